The van der Waals surface area contributed by atoms with E-state index in [1.165, 1.54) is 12.5 Å². The molecule has 0 bridgehead atoms. The number of esters is 1. The van der Waals surface area contributed by atoms with Crippen LogP contribution in [-0.4, -0.2) is 31.6 Å². The summed E-state index contributed by atoms with van der Waals surface area (Å²) in [5.41, 5.74) is 0.825. The SMILES string of the molecule is COc1cccc(/C=C/C(=O)OCC(=O)N[C@@H]2CCC[C@@H](C)[C@H]2C)c1. The van der Waals surface area contributed by atoms with Crippen molar-refractivity contribution in [3.63, 3.8) is 0 Å². The summed E-state index contributed by atoms with van der Waals surface area (Å²) in [7, 11) is 1.59. The van der Waals surface area contributed by atoms with Crippen molar-refractivity contribution in [1.82, 2.24) is 5.32 Å². The maximum Gasteiger partial charge on any atom is 0.331 e. The van der Waals surface area contributed by atoms with Crippen molar-refractivity contribution in [3.05, 3.63) is 35.9 Å². The van der Waals surface area contributed by atoms with Gasteiger partial charge < -0.3 is 14.8 Å². The maximum absolute atomic E-state index is 12.0. The van der Waals surface area contributed by atoms with Crippen LogP contribution in [0.15, 0.2) is 30.3 Å². The fourth-order valence-corrected chi connectivity index (χ4v) is 3.13. The first-order chi connectivity index (χ1) is 12.0. The predicted molar refractivity (Wildman–Crippen MR) is 97.1 cm³/mol. The molecule has 0 spiro atoms. The first-order valence-electron chi connectivity index (χ1n) is 8.78. The van der Waals surface area contributed by atoms with Gasteiger partial charge in [-0.05, 0) is 42.0 Å². The first-order valence-corrected chi connectivity index (χ1v) is 8.78. The standard InChI is InChI=1S/C20H27NO4/c1-14-6-4-9-18(15(14)2)21-19(22)13-25-20(23)11-10-16-7-5-8-17(12-16)24-3/h5,7-8,10-12,14-15,18H,4,6,9,13H2,1-3H3,(H,21,22)/b11-10+/t14-,15-,18-/m1/s1. The molecule has 1 saturated carbocycles. The molecule has 0 heterocycles. The number of ether oxygens (including phenoxy) is 2. The quantitative estimate of drug-likeness (QED) is 0.635. The molecule has 0 radical (unpaired) electrons. The molecular weight excluding hydrogens is 318 g/mol. The van der Waals surface area contributed by atoms with Crippen molar-refractivity contribution in [2.24, 2.45) is 11.8 Å². The van der Waals surface area contributed by atoms with Crippen molar-refractivity contribution in [1.29, 1.82) is 0 Å². The summed E-state index contributed by atoms with van der Waals surface area (Å²) in [6, 6.07) is 7.49. The lowest BCUT2D eigenvalue weighted by molar-refractivity contribution is -0.144. The van der Waals surface area contributed by atoms with Crippen molar-refractivity contribution < 1.29 is 19.1 Å². The zero-order valence-corrected chi connectivity index (χ0v) is 15.2. The number of methoxy groups -OCH3 is 1. The second-order valence-corrected chi connectivity index (χ2v) is 6.66. The van der Waals surface area contributed by atoms with Gasteiger partial charge in [-0.2, -0.15) is 0 Å². The molecule has 2 rings (SSSR count). The van der Waals surface area contributed by atoms with Crippen LogP contribution < -0.4 is 10.1 Å². The van der Waals surface area contributed by atoms with E-state index in [0.717, 1.165) is 18.4 Å². The zero-order chi connectivity index (χ0) is 18.2. The number of carbonyl (C=O) groups is 2. The highest BCUT2D eigenvalue weighted by atomic mass is 16.5. The molecule has 3 atom stereocenters. The van der Waals surface area contributed by atoms with E-state index in [9.17, 15) is 9.59 Å². The van der Waals surface area contributed by atoms with Crippen molar-refractivity contribution in [2.75, 3.05) is 13.7 Å². The molecular formula is C20H27NO4. The van der Waals surface area contributed by atoms with Gasteiger partial charge in [-0.25, -0.2) is 4.79 Å². The van der Waals surface area contributed by atoms with Gasteiger partial charge in [0, 0.05) is 12.1 Å². The Balaban J connectivity index is 1.77. The molecule has 5 heteroatoms. The van der Waals surface area contributed by atoms with E-state index in [0.29, 0.717) is 17.6 Å². The number of nitrogens with one attached hydrogen (secondary N) is 1. The highest BCUT2D eigenvalue weighted by Crippen LogP contribution is 2.29. The van der Waals surface area contributed by atoms with Gasteiger partial charge >= 0.3 is 5.97 Å². The second-order valence-electron chi connectivity index (χ2n) is 6.66. The van der Waals surface area contributed by atoms with Crippen molar-refractivity contribution >= 4 is 18.0 Å². The van der Waals surface area contributed by atoms with Crippen LogP contribution in [0.3, 0.4) is 0 Å². The molecule has 1 aromatic carbocycles. The topological polar surface area (TPSA) is 64.6 Å². The molecule has 5 nitrogen and oxygen atoms in total. The van der Waals surface area contributed by atoms with Gasteiger partial charge in [-0.15, -0.1) is 0 Å². The largest absolute Gasteiger partial charge is 0.497 e. The Morgan fingerprint density at radius 3 is 2.84 bits per heavy atom. The van der Waals surface area contributed by atoms with Gasteiger partial charge in [0.1, 0.15) is 5.75 Å². The Kier molecular flexibility index (Phi) is 7.04. The van der Waals surface area contributed by atoms with Gasteiger partial charge in [0.2, 0.25) is 0 Å². The molecule has 0 unspecified atom stereocenters. The van der Waals surface area contributed by atoms with Crippen LogP contribution in [-0.2, 0) is 14.3 Å². The van der Waals surface area contributed by atoms with E-state index >= 15 is 0 Å². The smallest absolute Gasteiger partial charge is 0.331 e. The molecule has 1 aromatic rings. The van der Waals surface area contributed by atoms with E-state index in [4.69, 9.17) is 9.47 Å². The highest BCUT2D eigenvalue weighted by Gasteiger charge is 2.28. The van der Waals surface area contributed by atoms with Crippen LogP contribution in [0.2, 0.25) is 0 Å². The molecule has 0 saturated heterocycles. The number of carbonyl (C=O) groups excluding carboxylic acids is 2. The van der Waals surface area contributed by atoms with Gasteiger partial charge in [-0.1, -0.05) is 38.8 Å². The molecule has 0 aromatic heterocycles. The van der Waals surface area contributed by atoms with Gasteiger partial charge in [0.05, 0.1) is 7.11 Å². The van der Waals surface area contributed by atoms with Crippen LogP contribution in [0.25, 0.3) is 6.08 Å². The average Bonchev–Trinajstić information content (AvgIpc) is 2.62. The Morgan fingerprint density at radius 1 is 1.28 bits per heavy atom. The van der Waals surface area contributed by atoms with E-state index < -0.39 is 5.97 Å². The molecule has 1 aliphatic rings. The molecule has 1 N–H and O–H groups in total. The van der Waals surface area contributed by atoms with Crippen LogP contribution in [0.4, 0.5) is 0 Å². The lowest BCUT2D eigenvalue weighted by Crippen LogP contribution is -2.45. The highest BCUT2D eigenvalue weighted by molar-refractivity contribution is 5.89. The third kappa shape index (κ3) is 5.93. The monoisotopic (exact) mass is 345 g/mol. The van der Waals surface area contributed by atoms with Gasteiger partial charge in [0.25, 0.3) is 5.91 Å². The Labute approximate surface area is 149 Å². The summed E-state index contributed by atoms with van der Waals surface area (Å²) < 4.78 is 10.1. The minimum Gasteiger partial charge on any atom is -0.497 e. The van der Waals surface area contributed by atoms with Gasteiger partial charge in [0.15, 0.2) is 6.61 Å². The third-order valence-electron chi connectivity index (χ3n) is 4.90. The summed E-state index contributed by atoms with van der Waals surface area (Å²) in [6.45, 7) is 4.13. The Morgan fingerprint density at radius 2 is 2.08 bits per heavy atom. The summed E-state index contributed by atoms with van der Waals surface area (Å²) in [5, 5.41) is 2.99. The number of hydrogen-bond acceptors (Lipinski definition) is 4. The Bertz CT molecular complexity index is 626. The van der Waals surface area contributed by atoms with Crippen LogP contribution in [0.1, 0.15) is 38.7 Å². The normalized spacial score (nSPS) is 23.2. The lowest BCUT2D eigenvalue weighted by Gasteiger charge is -2.34. The molecule has 1 amide bonds. The van der Waals surface area contributed by atoms with E-state index in [2.05, 4.69) is 19.2 Å². The second kappa shape index (κ2) is 9.25. The van der Waals surface area contributed by atoms with Crippen LogP contribution >= 0.6 is 0 Å². The number of hydrogen-bond donors (Lipinski definition) is 1. The predicted octanol–water partition coefficient (Wildman–Crippen LogP) is 3.19. The summed E-state index contributed by atoms with van der Waals surface area (Å²) in [5.74, 6) is 0.983. The van der Waals surface area contributed by atoms with E-state index in [1.54, 1.807) is 13.2 Å². The summed E-state index contributed by atoms with van der Waals surface area (Å²) in [4.78, 5) is 23.8. The first kappa shape index (κ1) is 19.0. The minimum absolute atomic E-state index is 0.169. The van der Waals surface area contributed by atoms with E-state index in [-0.39, 0.29) is 18.6 Å². The fourth-order valence-electron chi connectivity index (χ4n) is 3.13. The lowest BCUT2D eigenvalue weighted by atomic mass is 9.78. The molecule has 25 heavy (non-hydrogen) atoms. The van der Waals surface area contributed by atoms with E-state index in [1.807, 2.05) is 24.3 Å². The zero-order valence-electron chi connectivity index (χ0n) is 15.2. The number of amides is 1. The number of rotatable bonds is 6. The molecule has 0 aliphatic heterocycles. The van der Waals surface area contributed by atoms with Crippen LogP contribution in [0.5, 0.6) is 5.75 Å². The van der Waals surface area contributed by atoms with Crippen molar-refractivity contribution in [3.8, 4) is 5.75 Å². The summed E-state index contributed by atoms with van der Waals surface area (Å²) in [6.07, 6.45) is 6.26. The third-order valence-corrected chi connectivity index (χ3v) is 4.90. The van der Waals surface area contributed by atoms with Crippen LogP contribution in [0, 0.1) is 11.8 Å². The molecule has 1 fully saturated rings. The summed E-state index contributed by atoms with van der Waals surface area (Å²) >= 11 is 0. The maximum atomic E-state index is 12.0. The Hall–Kier alpha value is -2.30. The minimum atomic E-state index is -0.539. The average molecular weight is 345 g/mol. The molecule has 136 valence electrons. The van der Waals surface area contributed by atoms with Crippen molar-refractivity contribution in [2.45, 2.75) is 39.2 Å². The molecule has 1 aliphatic carbocycles. The van der Waals surface area contributed by atoms with Gasteiger partial charge in [-0.3, -0.25) is 4.79 Å². The fraction of sp³-hybridized carbons (Fsp3) is 0.500. The number of benzene rings is 1.